The molecule has 2 amide bonds. The number of rotatable bonds is 2. The topological polar surface area (TPSA) is 66.6 Å². The molecular weight excluding hydrogens is 290 g/mol. The van der Waals surface area contributed by atoms with Crippen molar-refractivity contribution in [3.63, 3.8) is 0 Å². The Kier molecular flexibility index (Phi) is 5.71. The molecular formula is C18H33N3O2. The van der Waals surface area contributed by atoms with E-state index in [1.54, 1.807) is 0 Å². The number of carbonyl (C=O) groups excluding carboxylic acids is 2. The Balaban J connectivity index is 2.03. The normalized spacial score (nSPS) is 29.5. The van der Waals surface area contributed by atoms with E-state index >= 15 is 0 Å². The summed E-state index contributed by atoms with van der Waals surface area (Å²) >= 11 is 0. The monoisotopic (exact) mass is 323 g/mol. The average molecular weight is 323 g/mol. The van der Waals surface area contributed by atoms with Crippen LogP contribution < -0.4 is 5.73 Å². The molecule has 0 aromatic heterocycles. The molecule has 2 saturated heterocycles. The first-order valence-electron chi connectivity index (χ1n) is 9.04. The maximum Gasteiger partial charge on any atom is 0.227 e. The summed E-state index contributed by atoms with van der Waals surface area (Å²) in [5.41, 5.74) is 5.51. The quantitative estimate of drug-likeness (QED) is 0.843. The zero-order valence-corrected chi connectivity index (χ0v) is 15.2. The van der Waals surface area contributed by atoms with E-state index < -0.39 is 0 Å². The van der Waals surface area contributed by atoms with Gasteiger partial charge in [0.2, 0.25) is 11.8 Å². The number of piperidine rings is 2. The first-order valence-corrected chi connectivity index (χ1v) is 9.04. The van der Waals surface area contributed by atoms with Crippen molar-refractivity contribution in [3.05, 3.63) is 0 Å². The Bertz CT molecular complexity index is 444. The van der Waals surface area contributed by atoms with E-state index in [-0.39, 0.29) is 29.2 Å². The predicted molar refractivity (Wildman–Crippen MR) is 91.7 cm³/mol. The van der Waals surface area contributed by atoms with Crippen LogP contribution in [0.1, 0.15) is 53.4 Å². The lowest BCUT2D eigenvalue weighted by Crippen LogP contribution is -2.54. The van der Waals surface area contributed by atoms with Gasteiger partial charge in [0.1, 0.15) is 0 Å². The van der Waals surface area contributed by atoms with Crippen molar-refractivity contribution in [2.45, 2.75) is 59.4 Å². The zero-order valence-electron chi connectivity index (χ0n) is 15.2. The summed E-state index contributed by atoms with van der Waals surface area (Å²) in [5.74, 6) is 0.937. The van der Waals surface area contributed by atoms with E-state index in [2.05, 4.69) is 6.92 Å². The van der Waals surface area contributed by atoms with Crippen LogP contribution in [-0.4, -0.2) is 53.8 Å². The van der Waals surface area contributed by atoms with Crippen molar-refractivity contribution in [1.82, 2.24) is 9.80 Å². The number of carbonyl (C=O) groups is 2. The van der Waals surface area contributed by atoms with E-state index in [4.69, 9.17) is 5.73 Å². The third-order valence-electron chi connectivity index (χ3n) is 5.23. The van der Waals surface area contributed by atoms with Gasteiger partial charge in [-0.25, -0.2) is 0 Å². The number of nitrogens with two attached hydrogens (primary N) is 1. The number of likely N-dealkylation sites (tertiary alicyclic amines) is 2. The van der Waals surface area contributed by atoms with Gasteiger partial charge in [-0.1, -0.05) is 27.7 Å². The molecule has 0 spiro atoms. The molecule has 132 valence electrons. The van der Waals surface area contributed by atoms with Crippen molar-refractivity contribution >= 4 is 11.8 Å². The summed E-state index contributed by atoms with van der Waals surface area (Å²) in [4.78, 5) is 29.4. The molecule has 2 rings (SSSR count). The molecule has 2 fully saturated rings. The largest absolute Gasteiger partial charge is 0.341 e. The maximum absolute atomic E-state index is 13.0. The van der Waals surface area contributed by atoms with Gasteiger partial charge in [-0.05, 0) is 31.6 Å². The number of hydrogen-bond donors (Lipinski definition) is 1. The highest BCUT2D eigenvalue weighted by Gasteiger charge is 2.37. The minimum Gasteiger partial charge on any atom is -0.341 e. The van der Waals surface area contributed by atoms with Gasteiger partial charge in [0.15, 0.2) is 0 Å². The second-order valence-corrected chi connectivity index (χ2v) is 8.39. The lowest BCUT2D eigenvalue weighted by atomic mass is 9.88. The van der Waals surface area contributed by atoms with Gasteiger partial charge in [-0.2, -0.15) is 0 Å². The van der Waals surface area contributed by atoms with Crippen LogP contribution in [0.4, 0.5) is 0 Å². The first-order chi connectivity index (χ1) is 10.7. The summed E-state index contributed by atoms with van der Waals surface area (Å²) in [6, 6.07) is 0.167. The van der Waals surface area contributed by atoms with Gasteiger partial charge < -0.3 is 15.5 Å². The highest BCUT2D eigenvalue weighted by molar-refractivity contribution is 5.84. The number of amides is 2. The minimum atomic E-state index is -0.384. The van der Waals surface area contributed by atoms with Crippen molar-refractivity contribution in [2.75, 3.05) is 26.2 Å². The number of hydrogen-bond acceptors (Lipinski definition) is 3. The van der Waals surface area contributed by atoms with Gasteiger partial charge in [0.05, 0.1) is 5.92 Å². The first kappa shape index (κ1) is 18.2. The van der Waals surface area contributed by atoms with E-state index in [0.29, 0.717) is 19.0 Å². The summed E-state index contributed by atoms with van der Waals surface area (Å²) in [6.07, 6.45) is 3.85. The van der Waals surface area contributed by atoms with Crippen LogP contribution in [0.2, 0.25) is 0 Å². The molecule has 0 aromatic carbocycles. The highest BCUT2D eigenvalue weighted by atomic mass is 16.2. The molecule has 0 bridgehead atoms. The standard InChI is InChI=1S/C18H33N3O2/c1-13-7-9-21(15(10-13)11-19)16(22)14-6-5-8-20(12-14)17(23)18(2,3)4/h13-15H,5-12,19H2,1-4H3. The van der Waals surface area contributed by atoms with E-state index in [1.807, 2.05) is 30.6 Å². The van der Waals surface area contributed by atoms with Crippen LogP contribution in [0.25, 0.3) is 0 Å². The molecule has 0 saturated carbocycles. The van der Waals surface area contributed by atoms with Crippen LogP contribution in [0.3, 0.4) is 0 Å². The molecule has 23 heavy (non-hydrogen) atoms. The SMILES string of the molecule is CC1CCN(C(=O)C2CCCN(C(=O)C(C)(C)C)C2)C(CN)C1. The number of nitrogens with zero attached hydrogens (tertiary/aromatic N) is 2. The molecule has 3 atom stereocenters. The van der Waals surface area contributed by atoms with Crippen molar-refractivity contribution in [2.24, 2.45) is 23.0 Å². The van der Waals surface area contributed by atoms with E-state index in [9.17, 15) is 9.59 Å². The summed E-state index contributed by atoms with van der Waals surface area (Å²) in [6.45, 7) is 10.7. The van der Waals surface area contributed by atoms with Crippen LogP contribution >= 0.6 is 0 Å². The third-order valence-corrected chi connectivity index (χ3v) is 5.23. The Morgan fingerprint density at radius 2 is 1.87 bits per heavy atom. The van der Waals surface area contributed by atoms with Crippen molar-refractivity contribution in [3.8, 4) is 0 Å². The van der Waals surface area contributed by atoms with Crippen LogP contribution in [0, 0.1) is 17.3 Å². The molecule has 2 aliphatic rings. The lowest BCUT2D eigenvalue weighted by Gasteiger charge is -2.42. The van der Waals surface area contributed by atoms with Gasteiger partial charge in [0.25, 0.3) is 0 Å². The Morgan fingerprint density at radius 1 is 1.17 bits per heavy atom. The van der Waals surface area contributed by atoms with Gasteiger partial charge in [-0.3, -0.25) is 9.59 Å². The second kappa shape index (κ2) is 7.20. The molecule has 0 radical (unpaired) electrons. The molecule has 2 N–H and O–H groups in total. The fraction of sp³-hybridized carbons (Fsp3) is 0.889. The maximum atomic E-state index is 13.0. The van der Waals surface area contributed by atoms with Crippen molar-refractivity contribution < 1.29 is 9.59 Å². The van der Waals surface area contributed by atoms with Gasteiger partial charge >= 0.3 is 0 Å². The van der Waals surface area contributed by atoms with E-state index in [1.165, 1.54) is 0 Å². The molecule has 3 unspecified atom stereocenters. The van der Waals surface area contributed by atoms with Crippen molar-refractivity contribution in [1.29, 1.82) is 0 Å². The average Bonchev–Trinajstić information content (AvgIpc) is 2.52. The Morgan fingerprint density at radius 3 is 2.48 bits per heavy atom. The second-order valence-electron chi connectivity index (χ2n) is 8.39. The molecule has 5 heteroatoms. The summed E-state index contributed by atoms with van der Waals surface area (Å²) in [5, 5.41) is 0. The minimum absolute atomic E-state index is 0.0579. The molecule has 2 heterocycles. The fourth-order valence-electron chi connectivity index (χ4n) is 3.84. The fourth-order valence-corrected chi connectivity index (χ4v) is 3.84. The van der Waals surface area contributed by atoms with Crippen LogP contribution in [0.15, 0.2) is 0 Å². The van der Waals surface area contributed by atoms with Crippen LogP contribution in [-0.2, 0) is 9.59 Å². The Hall–Kier alpha value is -1.10. The predicted octanol–water partition coefficient (Wildman–Crippen LogP) is 1.86. The van der Waals surface area contributed by atoms with E-state index in [0.717, 1.165) is 38.8 Å². The summed E-state index contributed by atoms with van der Waals surface area (Å²) in [7, 11) is 0. The lowest BCUT2D eigenvalue weighted by molar-refractivity contribution is -0.147. The van der Waals surface area contributed by atoms with Gasteiger partial charge in [-0.15, -0.1) is 0 Å². The molecule has 5 nitrogen and oxygen atoms in total. The Labute approximate surface area is 140 Å². The zero-order chi connectivity index (χ0) is 17.2. The van der Waals surface area contributed by atoms with Gasteiger partial charge in [0, 0.05) is 37.6 Å². The summed E-state index contributed by atoms with van der Waals surface area (Å²) < 4.78 is 0. The molecule has 0 aliphatic carbocycles. The molecule has 0 aromatic rings. The molecule has 2 aliphatic heterocycles. The van der Waals surface area contributed by atoms with Crippen LogP contribution in [0.5, 0.6) is 0 Å². The smallest absolute Gasteiger partial charge is 0.227 e. The highest BCUT2D eigenvalue weighted by Crippen LogP contribution is 2.28. The third kappa shape index (κ3) is 4.25.